The maximum absolute atomic E-state index is 11.1. The lowest BCUT2D eigenvalue weighted by Crippen LogP contribution is -2.30. The summed E-state index contributed by atoms with van der Waals surface area (Å²) in [7, 11) is -3.08. The number of hydrogen-bond acceptors (Lipinski definition) is 4. The van der Waals surface area contributed by atoms with Crippen LogP contribution in [0, 0.1) is 5.92 Å². The summed E-state index contributed by atoms with van der Waals surface area (Å²) in [6, 6.07) is 4.87. The molecule has 2 saturated carbocycles. The van der Waals surface area contributed by atoms with Crippen LogP contribution in [-0.2, 0) is 16.6 Å². The van der Waals surface area contributed by atoms with Crippen LogP contribution in [0.4, 0.5) is 0 Å². The number of sulfonamides is 1. The molecule has 22 heavy (non-hydrogen) atoms. The zero-order chi connectivity index (χ0) is 15.7. The molecular weight excluding hydrogens is 300 g/mol. The minimum absolute atomic E-state index is 0.505. The fourth-order valence-electron chi connectivity index (χ4n) is 2.97. The molecular formula is C16H26N2O3S. The van der Waals surface area contributed by atoms with E-state index in [1.807, 2.05) is 0 Å². The molecule has 0 aliphatic heterocycles. The van der Waals surface area contributed by atoms with E-state index in [1.54, 1.807) is 0 Å². The fourth-order valence-corrected chi connectivity index (χ4v) is 3.48. The lowest BCUT2D eigenvalue weighted by molar-refractivity contribution is 0.229. The molecule has 0 aromatic carbocycles. The second-order valence-electron chi connectivity index (χ2n) is 6.85. The van der Waals surface area contributed by atoms with Crippen molar-refractivity contribution in [3.63, 3.8) is 0 Å². The summed E-state index contributed by atoms with van der Waals surface area (Å²) in [6.07, 6.45) is 5.77. The molecule has 2 atom stereocenters. The Morgan fingerprint density at radius 2 is 2.09 bits per heavy atom. The minimum Gasteiger partial charge on any atom is -0.464 e. The molecule has 124 valence electrons. The van der Waals surface area contributed by atoms with Crippen molar-refractivity contribution in [1.29, 1.82) is 0 Å². The van der Waals surface area contributed by atoms with E-state index in [0.717, 1.165) is 36.9 Å². The van der Waals surface area contributed by atoms with Crippen LogP contribution in [0.25, 0.3) is 0 Å². The van der Waals surface area contributed by atoms with E-state index in [2.05, 4.69) is 28.7 Å². The topological polar surface area (TPSA) is 62.6 Å². The first-order chi connectivity index (χ1) is 10.4. The van der Waals surface area contributed by atoms with Gasteiger partial charge >= 0.3 is 0 Å². The second-order valence-corrected chi connectivity index (χ2v) is 8.68. The van der Waals surface area contributed by atoms with Crippen LogP contribution in [0.3, 0.4) is 0 Å². The lowest BCUT2D eigenvalue weighted by Gasteiger charge is -2.20. The fraction of sp³-hybridized carbons (Fsp3) is 0.750. The van der Waals surface area contributed by atoms with Crippen molar-refractivity contribution in [2.24, 2.45) is 5.92 Å². The Hall–Kier alpha value is -0.850. The average molecular weight is 326 g/mol. The maximum Gasteiger partial charge on any atom is 0.208 e. The molecule has 0 unspecified atom stereocenters. The molecule has 0 spiro atoms. The number of furan rings is 1. The van der Waals surface area contributed by atoms with Crippen molar-refractivity contribution in [1.82, 2.24) is 9.62 Å². The van der Waals surface area contributed by atoms with Gasteiger partial charge in [0, 0.05) is 25.0 Å². The van der Waals surface area contributed by atoms with Crippen molar-refractivity contribution < 1.29 is 12.8 Å². The summed E-state index contributed by atoms with van der Waals surface area (Å²) in [6.45, 7) is 4.51. The van der Waals surface area contributed by atoms with Gasteiger partial charge in [0.25, 0.3) is 0 Å². The van der Waals surface area contributed by atoms with Crippen LogP contribution in [0.5, 0.6) is 0 Å². The average Bonchev–Trinajstić information content (AvgIpc) is 3.34. The maximum atomic E-state index is 11.1. The molecule has 3 rings (SSSR count). The monoisotopic (exact) mass is 326 g/mol. The van der Waals surface area contributed by atoms with Gasteiger partial charge in [0.1, 0.15) is 11.5 Å². The van der Waals surface area contributed by atoms with Gasteiger partial charge in [-0.15, -0.1) is 0 Å². The molecule has 0 saturated heterocycles. The Bertz CT molecular complexity index is 607. The molecule has 5 nitrogen and oxygen atoms in total. The van der Waals surface area contributed by atoms with Crippen LogP contribution >= 0.6 is 0 Å². The van der Waals surface area contributed by atoms with Crippen molar-refractivity contribution >= 4 is 10.0 Å². The Balaban J connectivity index is 1.48. The Kier molecular flexibility index (Phi) is 4.61. The highest BCUT2D eigenvalue weighted by atomic mass is 32.2. The van der Waals surface area contributed by atoms with Gasteiger partial charge in [0.05, 0.1) is 12.8 Å². The van der Waals surface area contributed by atoms with Crippen LogP contribution in [-0.4, -0.2) is 38.7 Å². The van der Waals surface area contributed by atoms with Crippen molar-refractivity contribution in [2.75, 3.05) is 19.3 Å². The SMILES string of the molecule is C[C@H]1C[C@@H]1c1ccc(CN(CCCNS(C)(=O)=O)C2CC2)o1. The second kappa shape index (κ2) is 6.34. The molecule has 0 bridgehead atoms. The molecule has 2 fully saturated rings. The van der Waals surface area contributed by atoms with Gasteiger partial charge in [-0.3, -0.25) is 4.90 Å². The van der Waals surface area contributed by atoms with Crippen molar-refractivity contribution in [2.45, 2.75) is 51.1 Å². The number of nitrogens with one attached hydrogen (secondary N) is 1. The van der Waals surface area contributed by atoms with E-state index in [-0.39, 0.29) is 0 Å². The number of hydrogen-bond donors (Lipinski definition) is 1. The van der Waals surface area contributed by atoms with Crippen LogP contribution in [0.15, 0.2) is 16.5 Å². The van der Waals surface area contributed by atoms with Gasteiger partial charge in [-0.25, -0.2) is 13.1 Å². The van der Waals surface area contributed by atoms with Gasteiger partial charge in [-0.2, -0.15) is 0 Å². The molecule has 6 heteroatoms. The molecule has 1 heterocycles. The highest BCUT2D eigenvalue weighted by molar-refractivity contribution is 7.88. The van der Waals surface area contributed by atoms with E-state index < -0.39 is 10.0 Å². The van der Waals surface area contributed by atoms with E-state index in [1.165, 1.54) is 25.5 Å². The largest absolute Gasteiger partial charge is 0.464 e. The first kappa shape index (κ1) is 16.0. The molecule has 2 aliphatic rings. The van der Waals surface area contributed by atoms with E-state index in [9.17, 15) is 8.42 Å². The minimum atomic E-state index is -3.08. The van der Waals surface area contributed by atoms with Gasteiger partial charge in [-0.05, 0) is 43.7 Å². The Morgan fingerprint density at radius 3 is 2.68 bits per heavy atom. The quantitative estimate of drug-likeness (QED) is 0.707. The zero-order valence-corrected chi connectivity index (χ0v) is 14.2. The van der Waals surface area contributed by atoms with Gasteiger partial charge in [0.15, 0.2) is 0 Å². The van der Waals surface area contributed by atoms with Crippen molar-refractivity contribution in [3.05, 3.63) is 23.7 Å². The van der Waals surface area contributed by atoms with Gasteiger partial charge in [0.2, 0.25) is 10.0 Å². The summed E-state index contributed by atoms with van der Waals surface area (Å²) in [4.78, 5) is 2.42. The molecule has 0 radical (unpaired) electrons. The summed E-state index contributed by atoms with van der Waals surface area (Å²) in [5, 5.41) is 0. The molecule has 2 aliphatic carbocycles. The van der Waals surface area contributed by atoms with E-state index in [0.29, 0.717) is 18.5 Å². The number of nitrogens with zero attached hydrogens (tertiary/aromatic N) is 1. The molecule has 1 N–H and O–H groups in total. The Morgan fingerprint density at radius 1 is 1.36 bits per heavy atom. The van der Waals surface area contributed by atoms with Gasteiger partial charge in [-0.1, -0.05) is 6.92 Å². The molecule has 1 aromatic rings. The van der Waals surface area contributed by atoms with Gasteiger partial charge < -0.3 is 4.42 Å². The third-order valence-corrected chi connectivity index (χ3v) is 5.29. The predicted octanol–water partition coefficient (Wildman–Crippen LogP) is 2.31. The smallest absolute Gasteiger partial charge is 0.208 e. The predicted molar refractivity (Wildman–Crippen MR) is 86.1 cm³/mol. The summed E-state index contributed by atoms with van der Waals surface area (Å²) in [5.74, 6) is 3.57. The van der Waals surface area contributed by atoms with Crippen LogP contribution in [0.1, 0.15) is 50.0 Å². The first-order valence-electron chi connectivity index (χ1n) is 8.19. The highest BCUT2D eigenvalue weighted by Gasteiger charge is 2.37. The van der Waals surface area contributed by atoms with Crippen LogP contribution in [0.2, 0.25) is 0 Å². The number of rotatable bonds is 9. The normalized spacial score (nSPS) is 24.9. The zero-order valence-electron chi connectivity index (χ0n) is 13.4. The summed E-state index contributed by atoms with van der Waals surface area (Å²) >= 11 is 0. The Labute approximate surface area is 133 Å². The van der Waals surface area contributed by atoms with E-state index in [4.69, 9.17) is 4.42 Å². The van der Waals surface area contributed by atoms with Crippen molar-refractivity contribution in [3.8, 4) is 0 Å². The first-order valence-corrected chi connectivity index (χ1v) is 10.1. The third-order valence-electron chi connectivity index (χ3n) is 4.57. The molecule has 0 amide bonds. The third kappa shape index (κ3) is 4.57. The molecule has 1 aromatic heterocycles. The summed E-state index contributed by atoms with van der Waals surface area (Å²) < 4.78 is 30.7. The lowest BCUT2D eigenvalue weighted by atomic mass is 10.3. The highest BCUT2D eigenvalue weighted by Crippen LogP contribution is 2.47. The van der Waals surface area contributed by atoms with E-state index >= 15 is 0 Å². The van der Waals surface area contributed by atoms with Crippen LogP contribution < -0.4 is 4.72 Å². The summed E-state index contributed by atoms with van der Waals surface area (Å²) in [5.41, 5.74) is 0. The standard InChI is InChI=1S/C16H26N2O3S/c1-12-10-15(12)16-7-6-14(21-16)11-18(13-4-5-13)9-3-8-17-22(2,19)20/h6-7,12-13,15,17H,3-5,8-11H2,1-2H3/t12-,15-/m0/s1.